The number of nitrogens with zero attached hydrogens (tertiary/aromatic N) is 3. The number of ether oxygens (including phenoxy) is 1. The molecule has 0 saturated carbocycles. The summed E-state index contributed by atoms with van der Waals surface area (Å²) in [5.41, 5.74) is -0.578. The smallest absolute Gasteiger partial charge is 0.448 e. The Morgan fingerprint density at radius 2 is 2.10 bits per heavy atom. The van der Waals surface area contributed by atoms with Gasteiger partial charge in [0.15, 0.2) is 0 Å². The first-order valence-corrected chi connectivity index (χ1v) is 6.33. The maximum Gasteiger partial charge on any atom is 1.00 e. The van der Waals surface area contributed by atoms with Gasteiger partial charge in [-0.15, -0.1) is 0 Å². The van der Waals surface area contributed by atoms with Gasteiger partial charge < -0.3 is 22.6 Å². The maximum absolute atomic E-state index is 12.3. The fraction of sp³-hybridized carbons (Fsp3) is 0.636. The van der Waals surface area contributed by atoms with Gasteiger partial charge in [0.2, 0.25) is 0 Å². The zero-order valence-corrected chi connectivity index (χ0v) is 15.5. The molecule has 0 unspecified atom stereocenters. The molecule has 21 heavy (non-hydrogen) atoms. The summed E-state index contributed by atoms with van der Waals surface area (Å²) in [5.74, 6) is 0. The molecule has 112 valence electrons. The predicted octanol–water partition coefficient (Wildman–Crippen LogP) is -1.75. The summed E-state index contributed by atoms with van der Waals surface area (Å²) in [6.45, 7) is 0.391. The molecule has 1 saturated heterocycles. The van der Waals surface area contributed by atoms with Crippen LogP contribution in [0.25, 0.3) is 0 Å². The number of aromatic nitrogens is 2. The van der Waals surface area contributed by atoms with Gasteiger partial charge in [-0.3, -0.25) is 9.48 Å². The Hall–Kier alpha value is 0.131. The number of hydrogen-bond acceptors (Lipinski definition) is 4. The van der Waals surface area contributed by atoms with Gasteiger partial charge in [0, 0.05) is 25.6 Å². The van der Waals surface area contributed by atoms with Crippen LogP contribution < -0.4 is 61.8 Å². The van der Waals surface area contributed by atoms with Crippen molar-refractivity contribution in [1.29, 1.82) is 0 Å². The molecule has 0 bridgehead atoms. The molecule has 0 aliphatic carbocycles. The van der Waals surface area contributed by atoms with Crippen LogP contribution in [0.1, 0.15) is 13.8 Å². The molecule has 1 aromatic heterocycles. The van der Waals surface area contributed by atoms with Crippen molar-refractivity contribution in [3.05, 3.63) is 22.6 Å². The van der Waals surface area contributed by atoms with Crippen molar-refractivity contribution in [2.24, 2.45) is 0 Å². The van der Waals surface area contributed by atoms with Gasteiger partial charge in [-0.1, -0.05) is 0 Å². The molecule has 2 heterocycles. The van der Waals surface area contributed by atoms with E-state index in [2.05, 4.69) is 5.10 Å². The molecule has 0 radical (unpaired) electrons. The van der Waals surface area contributed by atoms with Crippen molar-refractivity contribution >= 4 is 12.7 Å². The Bertz CT molecular complexity index is 550. The standard InChI is InChI=1S/C11H16BF3N3O2.K/c1-11(2)7-17(3-4-20-11)9-5-10(19)18(16-6-9)8-12(13,14)15;/h5-6H,3-4,7-8H2,1-2H3;/q-1;+1. The molecule has 1 aliphatic heterocycles. The second-order valence-electron chi connectivity index (χ2n) is 5.47. The molecule has 0 atom stereocenters. The van der Waals surface area contributed by atoms with Crippen LogP contribution in [0.2, 0.25) is 0 Å². The van der Waals surface area contributed by atoms with Crippen molar-refractivity contribution in [3.63, 3.8) is 0 Å². The Labute approximate surface area is 163 Å². The van der Waals surface area contributed by atoms with Gasteiger partial charge in [0.25, 0.3) is 5.56 Å². The molecule has 1 aromatic rings. The van der Waals surface area contributed by atoms with Crippen LogP contribution in [0.5, 0.6) is 0 Å². The molecule has 1 fully saturated rings. The Balaban J connectivity index is 0.00000220. The maximum atomic E-state index is 12.3. The monoisotopic (exact) mass is 329 g/mol. The summed E-state index contributed by atoms with van der Waals surface area (Å²) in [4.78, 5) is 13.6. The van der Waals surface area contributed by atoms with Crippen molar-refractivity contribution in [2.75, 3.05) is 24.6 Å². The first-order valence-electron chi connectivity index (χ1n) is 6.33. The summed E-state index contributed by atoms with van der Waals surface area (Å²) in [6.07, 6.45) is -0.0155. The van der Waals surface area contributed by atoms with E-state index < -0.39 is 19.0 Å². The Morgan fingerprint density at radius 1 is 1.43 bits per heavy atom. The molecular weight excluding hydrogens is 313 g/mol. The Kier molecular flexibility index (Phi) is 6.52. The second-order valence-corrected chi connectivity index (χ2v) is 5.47. The van der Waals surface area contributed by atoms with Gasteiger partial charge in [0.1, 0.15) is 0 Å². The van der Waals surface area contributed by atoms with Crippen LogP contribution in [0, 0.1) is 0 Å². The third kappa shape index (κ3) is 5.68. The number of halogens is 3. The molecule has 0 N–H and O–H groups in total. The Morgan fingerprint density at radius 3 is 2.62 bits per heavy atom. The average Bonchev–Trinajstić information content (AvgIpc) is 2.29. The zero-order chi connectivity index (χ0) is 15.0. The van der Waals surface area contributed by atoms with E-state index in [4.69, 9.17) is 4.74 Å². The summed E-state index contributed by atoms with van der Waals surface area (Å²) < 4.78 is 42.9. The van der Waals surface area contributed by atoms with Gasteiger partial charge in [-0.05, 0) is 13.8 Å². The average molecular weight is 329 g/mol. The van der Waals surface area contributed by atoms with Crippen LogP contribution in [0.15, 0.2) is 17.1 Å². The van der Waals surface area contributed by atoms with Crippen molar-refractivity contribution in [3.8, 4) is 0 Å². The molecule has 2 rings (SSSR count). The predicted molar refractivity (Wildman–Crippen MR) is 69.8 cm³/mol. The molecule has 0 amide bonds. The molecule has 0 aromatic carbocycles. The third-order valence-electron chi connectivity index (χ3n) is 3.03. The summed E-state index contributed by atoms with van der Waals surface area (Å²) in [6, 6.07) is 1.19. The normalized spacial score (nSPS) is 18.2. The number of morpholine rings is 1. The number of hydrogen-bond donors (Lipinski definition) is 0. The minimum Gasteiger partial charge on any atom is -0.448 e. The van der Waals surface area contributed by atoms with Gasteiger partial charge >= 0.3 is 58.4 Å². The quantitative estimate of drug-likeness (QED) is 0.617. The largest absolute Gasteiger partial charge is 1.00 e. The number of rotatable bonds is 3. The molecule has 0 spiro atoms. The molecule has 5 nitrogen and oxygen atoms in total. The summed E-state index contributed by atoms with van der Waals surface area (Å²) >= 11 is 0. The van der Waals surface area contributed by atoms with Crippen molar-refractivity contribution in [1.82, 2.24) is 9.78 Å². The van der Waals surface area contributed by atoms with Gasteiger partial charge in [0.05, 0.1) is 24.1 Å². The molecular formula is C11H16BF3KN3O2. The second kappa shape index (κ2) is 7.14. The fourth-order valence-electron chi connectivity index (χ4n) is 2.17. The van der Waals surface area contributed by atoms with E-state index in [1.807, 2.05) is 18.7 Å². The number of anilines is 1. The first-order chi connectivity index (χ1) is 9.16. The summed E-state index contributed by atoms with van der Waals surface area (Å²) in [5, 5.41) is 3.60. The van der Waals surface area contributed by atoms with Gasteiger partial charge in [-0.25, -0.2) is 0 Å². The van der Waals surface area contributed by atoms with E-state index in [1.165, 1.54) is 12.3 Å². The molecule has 1 aliphatic rings. The van der Waals surface area contributed by atoms with Crippen LogP contribution >= 0.6 is 0 Å². The van der Waals surface area contributed by atoms with Crippen LogP contribution in [-0.2, 0) is 11.2 Å². The van der Waals surface area contributed by atoms with Crippen LogP contribution in [-0.4, -0.2) is 42.1 Å². The van der Waals surface area contributed by atoms with Gasteiger partial charge in [-0.2, -0.15) is 5.10 Å². The minimum absolute atomic E-state index is 0. The minimum atomic E-state index is -5.08. The summed E-state index contributed by atoms with van der Waals surface area (Å²) in [7, 11) is 0. The van der Waals surface area contributed by atoms with E-state index in [0.29, 0.717) is 30.1 Å². The zero-order valence-electron chi connectivity index (χ0n) is 12.4. The van der Waals surface area contributed by atoms with E-state index in [1.54, 1.807) is 0 Å². The SMILES string of the molecule is CC1(C)CN(c2cnn(C[B-](F)(F)F)c(=O)c2)CCO1.[K+]. The van der Waals surface area contributed by atoms with E-state index in [0.717, 1.165) is 0 Å². The van der Waals surface area contributed by atoms with E-state index >= 15 is 0 Å². The fourth-order valence-corrected chi connectivity index (χ4v) is 2.17. The first kappa shape index (κ1) is 19.2. The molecule has 10 heteroatoms. The third-order valence-corrected chi connectivity index (χ3v) is 3.03. The van der Waals surface area contributed by atoms with Crippen molar-refractivity contribution in [2.45, 2.75) is 25.9 Å². The topological polar surface area (TPSA) is 47.4 Å². The van der Waals surface area contributed by atoms with E-state index in [9.17, 15) is 17.7 Å². The van der Waals surface area contributed by atoms with Crippen LogP contribution in [0.4, 0.5) is 18.6 Å². The van der Waals surface area contributed by atoms with E-state index in [-0.39, 0.29) is 57.0 Å². The van der Waals surface area contributed by atoms with Crippen molar-refractivity contribution < 1.29 is 69.1 Å². The van der Waals surface area contributed by atoms with Crippen LogP contribution in [0.3, 0.4) is 0 Å².